The van der Waals surface area contributed by atoms with Crippen LogP contribution in [0, 0.1) is 5.41 Å². The molecule has 0 radical (unpaired) electrons. The number of amides is 3. The van der Waals surface area contributed by atoms with Crippen LogP contribution in [0.4, 0.5) is 4.79 Å². The largest absolute Gasteiger partial charge is 0.481 e. The second kappa shape index (κ2) is 7.09. The van der Waals surface area contributed by atoms with E-state index in [1.54, 1.807) is 13.8 Å². The van der Waals surface area contributed by atoms with Crippen LogP contribution in [0.3, 0.4) is 0 Å². The Labute approximate surface area is 118 Å². The first-order valence-electron chi connectivity index (χ1n) is 6.16. The lowest BCUT2D eigenvalue weighted by Crippen LogP contribution is -2.59. The molecule has 8 nitrogen and oxygen atoms in total. The number of rotatable bonds is 8. The standard InChI is InChI=1S/C12H23N3O5/c1-11(2,9(17)18)12(3,4)15-10(19)14-5-6-20-7-8(13)16/h5-7H2,1-4H3,(H2,13,16)(H,17,18)(H2,14,15,19). The number of carboxylic acid groups (broad SMARTS) is 1. The number of carbonyl (C=O) groups excluding carboxylic acids is 2. The van der Waals surface area contributed by atoms with Crippen LogP contribution in [0.5, 0.6) is 0 Å². The molecular formula is C12H23N3O5. The number of nitrogens with two attached hydrogens (primary N) is 1. The molecule has 5 N–H and O–H groups in total. The summed E-state index contributed by atoms with van der Waals surface area (Å²) in [5.74, 6) is -1.59. The van der Waals surface area contributed by atoms with E-state index in [0.717, 1.165) is 0 Å². The topological polar surface area (TPSA) is 131 Å². The first-order valence-corrected chi connectivity index (χ1v) is 6.16. The highest BCUT2D eigenvalue weighted by Crippen LogP contribution is 2.30. The number of urea groups is 1. The SMILES string of the molecule is CC(C)(NC(=O)NCCOCC(N)=O)C(C)(C)C(=O)O. The van der Waals surface area contributed by atoms with Crippen molar-refractivity contribution in [1.29, 1.82) is 0 Å². The third kappa shape index (κ3) is 5.43. The van der Waals surface area contributed by atoms with E-state index in [9.17, 15) is 14.4 Å². The monoisotopic (exact) mass is 289 g/mol. The molecule has 0 fully saturated rings. The van der Waals surface area contributed by atoms with Crippen molar-refractivity contribution in [3.05, 3.63) is 0 Å². The van der Waals surface area contributed by atoms with Crippen molar-refractivity contribution in [1.82, 2.24) is 10.6 Å². The molecule has 0 aliphatic rings. The summed E-state index contributed by atoms with van der Waals surface area (Å²) < 4.78 is 4.87. The van der Waals surface area contributed by atoms with Crippen LogP contribution < -0.4 is 16.4 Å². The predicted octanol–water partition coefficient (Wildman–Crippen LogP) is -0.323. The Morgan fingerprint density at radius 1 is 1.20 bits per heavy atom. The van der Waals surface area contributed by atoms with E-state index in [1.807, 2.05) is 0 Å². The molecule has 116 valence electrons. The van der Waals surface area contributed by atoms with Gasteiger partial charge >= 0.3 is 12.0 Å². The molecule has 0 heterocycles. The number of aliphatic carboxylic acids is 1. The van der Waals surface area contributed by atoms with Crippen molar-refractivity contribution < 1.29 is 24.2 Å². The molecule has 0 atom stereocenters. The highest BCUT2D eigenvalue weighted by atomic mass is 16.5. The van der Waals surface area contributed by atoms with Gasteiger partial charge in [0.05, 0.1) is 17.6 Å². The maximum Gasteiger partial charge on any atom is 0.315 e. The zero-order chi connectivity index (χ0) is 16.0. The minimum Gasteiger partial charge on any atom is -0.481 e. The van der Waals surface area contributed by atoms with Gasteiger partial charge in [0.15, 0.2) is 0 Å². The van der Waals surface area contributed by atoms with E-state index in [-0.39, 0.29) is 19.8 Å². The molecule has 20 heavy (non-hydrogen) atoms. The minimum atomic E-state index is -1.13. The number of carbonyl (C=O) groups is 3. The van der Waals surface area contributed by atoms with Gasteiger partial charge in [0.1, 0.15) is 6.61 Å². The summed E-state index contributed by atoms with van der Waals surface area (Å²) in [5.41, 5.74) is 2.80. The lowest BCUT2D eigenvalue weighted by Gasteiger charge is -2.38. The van der Waals surface area contributed by atoms with Crippen molar-refractivity contribution >= 4 is 17.9 Å². The van der Waals surface area contributed by atoms with Gasteiger partial charge in [-0.1, -0.05) is 0 Å². The summed E-state index contributed by atoms with van der Waals surface area (Å²) in [6, 6.07) is -0.507. The van der Waals surface area contributed by atoms with Crippen LogP contribution in [0.15, 0.2) is 0 Å². The third-order valence-electron chi connectivity index (χ3n) is 3.30. The number of nitrogens with one attached hydrogen (secondary N) is 2. The van der Waals surface area contributed by atoms with Crippen molar-refractivity contribution in [2.45, 2.75) is 33.2 Å². The number of hydrogen-bond donors (Lipinski definition) is 4. The average molecular weight is 289 g/mol. The lowest BCUT2D eigenvalue weighted by atomic mass is 9.74. The van der Waals surface area contributed by atoms with Crippen molar-refractivity contribution in [2.75, 3.05) is 19.8 Å². The molecule has 0 aromatic carbocycles. The lowest BCUT2D eigenvalue weighted by molar-refractivity contribution is -0.150. The highest BCUT2D eigenvalue weighted by molar-refractivity contribution is 5.79. The van der Waals surface area contributed by atoms with E-state index in [1.165, 1.54) is 13.8 Å². The first kappa shape index (κ1) is 18.2. The van der Waals surface area contributed by atoms with Crippen molar-refractivity contribution in [2.24, 2.45) is 11.1 Å². The Bertz CT molecular complexity index is 379. The Morgan fingerprint density at radius 3 is 2.20 bits per heavy atom. The summed E-state index contributed by atoms with van der Waals surface area (Å²) in [6.45, 7) is 6.44. The van der Waals surface area contributed by atoms with Gasteiger partial charge in [-0.2, -0.15) is 0 Å². The molecular weight excluding hydrogens is 266 g/mol. The van der Waals surface area contributed by atoms with Crippen LogP contribution in [-0.2, 0) is 14.3 Å². The fourth-order valence-corrected chi connectivity index (χ4v) is 1.16. The van der Waals surface area contributed by atoms with E-state index in [0.29, 0.717) is 0 Å². The zero-order valence-electron chi connectivity index (χ0n) is 12.3. The second-order valence-electron chi connectivity index (χ2n) is 5.45. The molecule has 0 saturated heterocycles. The summed E-state index contributed by atoms with van der Waals surface area (Å²) in [6.07, 6.45) is 0. The number of hydrogen-bond acceptors (Lipinski definition) is 4. The highest BCUT2D eigenvalue weighted by Gasteiger charge is 2.44. The number of ether oxygens (including phenoxy) is 1. The fourth-order valence-electron chi connectivity index (χ4n) is 1.16. The van der Waals surface area contributed by atoms with Gasteiger partial charge in [-0.3, -0.25) is 9.59 Å². The zero-order valence-corrected chi connectivity index (χ0v) is 12.3. The quantitative estimate of drug-likeness (QED) is 0.455. The molecule has 8 heteroatoms. The summed E-state index contributed by atoms with van der Waals surface area (Å²) in [4.78, 5) is 33.2. The maximum atomic E-state index is 11.7. The van der Waals surface area contributed by atoms with Gasteiger partial charge in [-0.05, 0) is 27.7 Å². The van der Waals surface area contributed by atoms with Crippen LogP contribution in [0.2, 0.25) is 0 Å². The van der Waals surface area contributed by atoms with Crippen LogP contribution >= 0.6 is 0 Å². The van der Waals surface area contributed by atoms with Gasteiger partial charge in [0, 0.05) is 6.54 Å². The van der Waals surface area contributed by atoms with Gasteiger partial charge in [-0.15, -0.1) is 0 Å². The smallest absolute Gasteiger partial charge is 0.315 e. The Kier molecular flexibility index (Phi) is 6.44. The fraction of sp³-hybridized carbons (Fsp3) is 0.750. The molecule has 0 spiro atoms. The Morgan fingerprint density at radius 2 is 1.75 bits per heavy atom. The number of carboxylic acids is 1. The normalized spacial score (nSPS) is 11.8. The van der Waals surface area contributed by atoms with E-state index < -0.39 is 28.9 Å². The van der Waals surface area contributed by atoms with Crippen LogP contribution in [0.25, 0.3) is 0 Å². The summed E-state index contributed by atoms with van der Waals surface area (Å²) in [5, 5.41) is 14.3. The van der Waals surface area contributed by atoms with Gasteiger partial charge < -0.3 is 26.2 Å². The predicted molar refractivity (Wildman–Crippen MR) is 72.0 cm³/mol. The molecule has 0 saturated carbocycles. The Balaban J connectivity index is 4.20. The summed E-state index contributed by atoms with van der Waals surface area (Å²) in [7, 11) is 0. The molecule has 0 aromatic rings. The molecule has 0 aromatic heterocycles. The molecule has 3 amide bonds. The summed E-state index contributed by atoms with van der Waals surface area (Å²) >= 11 is 0. The van der Waals surface area contributed by atoms with Gasteiger partial charge in [0.2, 0.25) is 5.91 Å². The molecule has 0 bridgehead atoms. The first-order chi connectivity index (χ1) is 9.00. The number of primary amides is 1. The van der Waals surface area contributed by atoms with Crippen molar-refractivity contribution in [3.63, 3.8) is 0 Å². The Hall–Kier alpha value is -1.83. The van der Waals surface area contributed by atoms with Gasteiger partial charge in [-0.25, -0.2) is 4.79 Å². The molecule has 0 rings (SSSR count). The molecule has 0 unspecified atom stereocenters. The van der Waals surface area contributed by atoms with E-state index in [4.69, 9.17) is 15.6 Å². The van der Waals surface area contributed by atoms with Gasteiger partial charge in [0.25, 0.3) is 0 Å². The average Bonchev–Trinajstić information content (AvgIpc) is 2.26. The second-order valence-corrected chi connectivity index (χ2v) is 5.45. The van der Waals surface area contributed by atoms with E-state index >= 15 is 0 Å². The van der Waals surface area contributed by atoms with E-state index in [2.05, 4.69) is 10.6 Å². The molecule has 0 aliphatic heterocycles. The maximum absolute atomic E-state index is 11.7. The third-order valence-corrected chi connectivity index (χ3v) is 3.30. The minimum absolute atomic E-state index is 0.138. The van der Waals surface area contributed by atoms with Crippen LogP contribution in [-0.4, -0.2) is 48.3 Å². The molecule has 0 aliphatic carbocycles. The van der Waals surface area contributed by atoms with Crippen molar-refractivity contribution in [3.8, 4) is 0 Å². The van der Waals surface area contributed by atoms with Crippen LogP contribution in [0.1, 0.15) is 27.7 Å².